The van der Waals surface area contributed by atoms with Crippen LogP contribution in [0, 0.1) is 0 Å². The van der Waals surface area contributed by atoms with Crippen LogP contribution in [0.5, 0.6) is 0 Å². The molecule has 45 heavy (non-hydrogen) atoms. The highest BCUT2D eigenvalue weighted by Crippen LogP contribution is 2.35. The number of esters is 2. The van der Waals surface area contributed by atoms with Crippen LogP contribution in [0.2, 0.25) is 0 Å². The number of aliphatic hydroxyl groups is 2. The molecule has 2 N–H and O–H groups in total. The maximum Gasteiger partial charge on any atom is 0.308 e. The molecule has 0 radical (unpaired) electrons. The predicted octanol–water partition coefficient (Wildman–Crippen LogP) is 9.87. The van der Waals surface area contributed by atoms with E-state index in [9.17, 15) is 19.8 Å². The summed E-state index contributed by atoms with van der Waals surface area (Å²) in [7, 11) is 0. The second-order valence-electron chi connectivity index (χ2n) is 13.6. The average molecular weight is 641 g/mol. The molecule has 1 aliphatic heterocycles. The van der Waals surface area contributed by atoms with E-state index in [2.05, 4.69) is 13.8 Å². The lowest BCUT2D eigenvalue weighted by Crippen LogP contribution is -2.49. The van der Waals surface area contributed by atoms with Crippen molar-refractivity contribution in [3.05, 3.63) is 0 Å². The van der Waals surface area contributed by atoms with Crippen molar-refractivity contribution in [1.82, 2.24) is 0 Å². The van der Waals surface area contributed by atoms with Crippen molar-refractivity contribution in [3.63, 3.8) is 0 Å². The van der Waals surface area contributed by atoms with E-state index in [4.69, 9.17) is 14.2 Å². The molecule has 1 aliphatic rings. The molecule has 0 saturated carbocycles. The van der Waals surface area contributed by atoms with Gasteiger partial charge in [-0.3, -0.25) is 9.59 Å². The SMILES string of the molecule is CCCCCCCCCCCCCCCC(=O)OC1CC(CO)OC1(CO)OC(=O)CCCCCCCCCCCCCCC. The molecular weight excluding hydrogens is 568 g/mol. The fraction of sp³-hybridized carbons (Fsp3) is 0.947. The van der Waals surface area contributed by atoms with Gasteiger partial charge < -0.3 is 24.4 Å². The quantitative estimate of drug-likeness (QED) is 0.0557. The molecular formula is C38H72O7. The number of hydrogen-bond acceptors (Lipinski definition) is 7. The highest BCUT2D eigenvalue weighted by Gasteiger charge is 2.54. The van der Waals surface area contributed by atoms with E-state index in [1.807, 2.05) is 0 Å². The Kier molecular flexibility index (Phi) is 27.0. The first-order valence-electron chi connectivity index (χ1n) is 19.3. The van der Waals surface area contributed by atoms with Crippen LogP contribution >= 0.6 is 0 Å². The third-order valence-corrected chi connectivity index (χ3v) is 9.29. The Bertz CT molecular complexity index is 700. The van der Waals surface area contributed by atoms with Gasteiger partial charge in [0.2, 0.25) is 0 Å². The second kappa shape index (κ2) is 29.0. The van der Waals surface area contributed by atoms with E-state index in [-0.39, 0.29) is 31.8 Å². The molecule has 0 amide bonds. The Morgan fingerprint density at radius 1 is 0.578 bits per heavy atom. The smallest absolute Gasteiger partial charge is 0.308 e. The van der Waals surface area contributed by atoms with E-state index in [1.165, 1.54) is 128 Å². The van der Waals surface area contributed by atoms with Gasteiger partial charge in [-0.05, 0) is 12.8 Å². The minimum atomic E-state index is -1.74. The Balaban J connectivity index is 2.20. The maximum atomic E-state index is 12.7. The first-order valence-corrected chi connectivity index (χ1v) is 19.3. The van der Waals surface area contributed by atoms with Gasteiger partial charge in [-0.15, -0.1) is 0 Å². The molecule has 1 fully saturated rings. The Morgan fingerprint density at radius 2 is 0.933 bits per heavy atom. The normalized spacial score (nSPS) is 19.6. The minimum Gasteiger partial charge on any atom is -0.455 e. The lowest BCUT2D eigenvalue weighted by atomic mass is 10.0. The first kappa shape index (κ1) is 41.8. The fourth-order valence-corrected chi connectivity index (χ4v) is 6.37. The van der Waals surface area contributed by atoms with Crippen LogP contribution in [0.4, 0.5) is 0 Å². The van der Waals surface area contributed by atoms with Gasteiger partial charge in [0, 0.05) is 19.3 Å². The summed E-state index contributed by atoms with van der Waals surface area (Å²) < 4.78 is 17.0. The third kappa shape index (κ3) is 21.3. The number of aliphatic hydroxyl groups excluding tert-OH is 2. The predicted molar refractivity (Wildman–Crippen MR) is 183 cm³/mol. The van der Waals surface area contributed by atoms with Gasteiger partial charge in [0.25, 0.3) is 5.79 Å². The van der Waals surface area contributed by atoms with Gasteiger partial charge in [-0.25, -0.2) is 0 Å². The van der Waals surface area contributed by atoms with Crippen LogP contribution in [-0.2, 0) is 23.8 Å². The van der Waals surface area contributed by atoms with Crippen molar-refractivity contribution in [2.45, 2.75) is 218 Å². The zero-order valence-corrected chi connectivity index (χ0v) is 29.5. The van der Waals surface area contributed by atoms with E-state index in [0.717, 1.165) is 32.1 Å². The van der Waals surface area contributed by atoms with E-state index in [1.54, 1.807) is 0 Å². The third-order valence-electron chi connectivity index (χ3n) is 9.29. The molecule has 0 aromatic rings. The molecule has 0 aromatic heterocycles. The monoisotopic (exact) mass is 641 g/mol. The van der Waals surface area contributed by atoms with Gasteiger partial charge in [0.05, 0.1) is 12.7 Å². The Labute approximate surface area is 276 Å². The van der Waals surface area contributed by atoms with Gasteiger partial charge in [-0.1, -0.05) is 168 Å². The fourth-order valence-electron chi connectivity index (χ4n) is 6.37. The Morgan fingerprint density at radius 3 is 1.29 bits per heavy atom. The number of carbonyl (C=O) groups is 2. The van der Waals surface area contributed by atoms with Crippen LogP contribution in [0.15, 0.2) is 0 Å². The first-order chi connectivity index (χ1) is 22.0. The van der Waals surface area contributed by atoms with E-state index >= 15 is 0 Å². The number of unbranched alkanes of at least 4 members (excludes halogenated alkanes) is 24. The summed E-state index contributed by atoms with van der Waals surface area (Å²) in [6, 6.07) is 0. The maximum absolute atomic E-state index is 12.7. The number of rotatable bonds is 32. The average Bonchev–Trinajstić information content (AvgIpc) is 3.38. The zero-order valence-electron chi connectivity index (χ0n) is 29.5. The number of hydrogen-bond donors (Lipinski definition) is 2. The summed E-state index contributed by atoms with van der Waals surface area (Å²) >= 11 is 0. The van der Waals surface area contributed by atoms with Crippen LogP contribution < -0.4 is 0 Å². The lowest BCUT2D eigenvalue weighted by molar-refractivity contribution is -0.268. The topological polar surface area (TPSA) is 102 Å². The van der Waals surface area contributed by atoms with Crippen LogP contribution in [0.1, 0.15) is 200 Å². The molecule has 0 aliphatic carbocycles. The van der Waals surface area contributed by atoms with E-state index < -0.39 is 30.6 Å². The van der Waals surface area contributed by atoms with Crippen LogP contribution in [0.3, 0.4) is 0 Å². The molecule has 1 rings (SSSR count). The summed E-state index contributed by atoms with van der Waals surface area (Å²) in [6.07, 6.45) is 31.1. The standard InChI is InChI=1S/C38H72O7/c1-3-5-7-9-11-13-15-17-19-21-23-25-27-29-36(41)43-35-31-34(32-39)44-38(35,33-40)45-37(42)30-28-26-24-22-20-18-16-14-12-10-8-6-4-2/h34-35,39-40H,3-33H2,1-2H3. The van der Waals surface area contributed by atoms with Gasteiger partial charge in [0.1, 0.15) is 6.61 Å². The van der Waals surface area contributed by atoms with Crippen molar-refractivity contribution in [2.75, 3.05) is 13.2 Å². The lowest BCUT2D eigenvalue weighted by Gasteiger charge is -2.31. The molecule has 0 bridgehead atoms. The highest BCUT2D eigenvalue weighted by atomic mass is 16.8. The van der Waals surface area contributed by atoms with Crippen molar-refractivity contribution in [1.29, 1.82) is 0 Å². The summed E-state index contributed by atoms with van der Waals surface area (Å²) in [6.45, 7) is 3.58. The van der Waals surface area contributed by atoms with Gasteiger partial charge in [-0.2, -0.15) is 0 Å². The van der Waals surface area contributed by atoms with Gasteiger partial charge in [0.15, 0.2) is 6.10 Å². The largest absolute Gasteiger partial charge is 0.455 e. The van der Waals surface area contributed by atoms with Crippen molar-refractivity contribution < 1.29 is 34.0 Å². The summed E-state index contributed by atoms with van der Waals surface area (Å²) in [5.74, 6) is -2.59. The number of carbonyl (C=O) groups excluding carboxylic acids is 2. The highest BCUT2D eigenvalue weighted by molar-refractivity contribution is 5.71. The minimum absolute atomic E-state index is 0.188. The molecule has 7 nitrogen and oxygen atoms in total. The molecule has 266 valence electrons. The molecule has 7 heteroatoms. The summed E-state index contributed by atoms with van der Waals surface area (Å²) in [5.41, 5.74) is 0. The Hall–Kier alpha value is -1.18. The summed E-state index contributed by atoms with van der Waals surface area (Å²) in [5, 5.41) is 19.8. The van der Waals surface area contributed by atoms with E-state index in [0.29, 0.717) is 6.42 Å². The molecule has 0 spiro atoms. The zero-order chi connectivity index (χ0) is 32.9. The molecule has 1 heterocycles. The second-order valence-corrected chi connectivity index (χ2v) is 13.6. The number of ether oxygens (including phenoxy) is 3. The van der Waals surface area contributed by atoms with Crippen molar-refractivity contribution in [3.8, 4) is 0 Å². The van der Waals surface area contributed by atoms with Crippen LogP contribution in [0.25, 0.3) is 0 Å². The van der Waals surface area contributed by atoms with Crippen LogP contribution in [-0.4, -0.2) is 53.4 Å². The van der Waals surface area contributed by atoms with Crippen molar-refractivity contribution in [2.24, 2.45) is 0 Å². The van der Waals surface area contributed by atoms with Gasteiger partial charge >= 0.3 is 11.9 Å². The molecule has 3 atom stereocenters. The molecule has 0 aromatic carbocycles. The molecule has 3 unspecified atom stereocenters. The molecule has 1 saturated heterocycles. The van der Waals surface area contributed by atoms with Crippen molar-refractivity contribution >= 4 is 11.9 Å². The summed E-state index contributed by atoms with van der Waals surface area (Å²) in [4.78, 5) is 25.3.